The number of unbranched alkanes of at least 4 members (excludes halogenated alkanes) is 1. The topological polar surface area (TPSA) is 0 Å². The molecule has 0 aromatic heterocycles. The first-order valence-electron chi connectivity index (χ1n) is 8.91. The van der Waals surface area contributed by atoms with E-state index in [0.29, 0.717) is 5.92 Å². The molecule has 1 aromatic carbocycles. The van der Waals surface area contributed by atoms with Crippen molar-refractivity contribution in [3.8, 4) is 0 Å². The molecule has 0 amide bonds. The molecule has 21 heavy (non-hydrogen) atoms. The zero-order chi connectivity index (χ0) is 15.8. The van der Waals surface area contributed by atoms with Crippen molar-refractivity contribution in [3.05, 3.63) is 34.4 Å². The van der Waals surface area contributed by atoms with E-state index < -0.39 is 0 Å². The third kappa shape index (κ3) is 4.74. The van der Waals surface area contributed by atoms with Gasteiger partial charge >= 0.3 is 0 Å². The summed E-state index contributed by atoms with van der Waals surface area (Å²) in [5, 5.41) is 0.178. The van der Waals surface area contributed by atoms with Gasteiger partial charge in [0.25, 0.3) is 0 Å². The second kappa shape index (κ2) is 9.51. The Morgan fingerprint density at radius 3 is 1.86 bits per heavy atom. The van der Waals surface area contributed by atoms with Gasteiger partial charge in [0.2, 0.25) is 0 Å². The largest absolute Gasteiger partial charge is 0.118 e. The van der Waals surface area contributed by atoms with Crippen molar-refractivity contribution >= 4 is 11.6 Å². The highest BCUT2D eigenvalue weighted by Crippen LogP contribution is 2.39. The van der Waals surface area contributed by atoms with Gasteiger partial charge in [-0.1, -0.05) is 66.0 Å². The molecule has 1 aromatic rings. The van der Waals surface area contributed by atoms with Crippen molar-refractivity contribution in [1.82, 2.24) is 0 Å². The Balaban J connectivity index is 3.18. The molecule has 0 aliphatic carbocycles. The van der Waals surface area contributed by atoms with E-state index in [1.807, 2.05) is 0 Å². The smallest absolute Gasteiger partial charge is 0.0618 e. The van der Waals surface area contributed by atoms with Crippen LogP contribution in [0.25, 0.3) is 0 Å². The normalized spacial score (nSPS) is 14.2. The average molecular weight is 309 g/mol. The molecule has 0 spiro atoms. The highest BCUT2D eigenvalue weighted by Gasteiger charge is 2.23. The van der Waals surface area contributed by atoms with E-state index >= 15 is 0 Å². The summed E-state index contributed by atoms with van der Waals surface area (Å²) < 4.78 is 0. The van der Waals surface area contributed by atoms with Crippen molar-refractivity contribution in [2.45, 2.75) is 84.9 Å². The fraction of sp³-hybridized carbons (Fsp3) is 0.700. The van der Waals surface area contributed by atoms with E-state index in [1.165, 1.54) is 47.9 Å². The number of hydrogen-bond donors (Lipinski definition) is 0. The second-order valence-corrected chi connectivity index (χ2v) is 6.57. The number of halogens is 1. The van der Waals surface area contributed by atoms with Crippen LogP contribution in [-0.4, -0.2) is 0 Å². The van der Waals surface area contributed by atoms with E-state index in [4.69, 9.17) is 11.6 Å². The van der Waals surface area contributed by atoms with Gasteiger partial charge < -0.3 is 0 Å². The predicted molar refractivity (Wildman–Crippen MR) is 96.5 cm³/mol. The van der Waals surface area contributed by atoms with Gasteiger partial charge in [-0.25, -0.2) is 0 Å². The fourth-order valence-corrected chi connectivity index (χ4v) is 3.84. The zero-order valence-corrected chi connectivity index (χ0v) is 15.4. The number of benzene rings is 1. The van der Waals surface area contributed by atoms with Crippen LogP contribution in [0.3, 0.4) is 0 Å². The first kappa shape index (κ1) is 18.6. The maximum atomic E-state index is 6.97. The molecule has 0 heterocycles. The third-order valence-electron chi connectivity index (χ3n) is 4.72. The Hall–Kier alpha value is -0.490. The van der Waals surface area contributed by atoms with Crippen molar-refractivity contribution in [2.75, 3.05) is 0 Å². The molecule has 0 aliphatic heterocycles. The van der Waals surface area contributed by atoms with E-state index in [9.17, 15) is 0 Å². The Bertz CT molecular complexity index is 397. The number of rotatable bonds is 9. The summed E-state index contributed by atoms with van der Waals surface area (Å²) in [5.41, 5.74) is 5.85. The maximum Gasteiger partial charge on any atom is 0.0618 e. The molecule has 1 heteroatoms. The van der Waals surface area contributed by atoms with Crippen LogP contribution in [0.2, 0.25) is 0 Å². The summed E-state index contributed by atoms with van der Waals surface area (Å²) in [4.78, 5) is 0. The highest BCUT2D eigenvalue weighted by atomic mass is 35.5. The van der Waals surface area contributed by atoms with Gasteiger partial charge in [0.15, 0.2) is 0 Å². The average Bonchev–Trinajstić information content (AvgIpc) is 2.53. The standard InChI is InChI=1S/C20H33Cl/c1-6-11-12-16(8-3)20(21)19-17(9-4)13-15(7-2)14-18(19)10-5/h13-14,16,20H,6-12H2,1-5H3. The van der Waals surface area contributed by atoms with Gasteiger partial charge in [-0.15, -0.1) is 11.6 Å². The van der Waals surface area contributed by atoms with Crippen LogP contribution in [-0.2, 0) is 19.3 Å². The lowest BCUT2D eigenvalue weighted by molar-refractivity contribution is 0.434. The van der Waals surface area contributed by atoms with Gasteiger partial charge in [0.05, 0.1) is 5.38 Å². The molecule has 0 saturated heterocycles. The van der Waals surface area contributed by atoms with Crippen LogP contribution in [0, 0.1) is 5.92 Å². The quantitative estimate of drug-likeness (QED) is 0.437. The van der Waals surface area contributed by atoms with Crippen LogP contribution in [0.1, 0.15) is 87.9 Å². The van der Waals surface area contributed by atoms with E-state index in [1.54, 1.807) is 0 Å². The van der Waals surface area contributed by atoms with Gasteiger partial charge in [0, 0.05) is 0 Å². The van der Waals surface area contributed by atoms with Crippen LogP contribution >= 0.6 is 11.6 Å². The predicted octanol–water partition coefficient (Wildman–Crippen LogP) is 6.87. The molecule has 0 aliphatic rings. The number of hydrogen-bond acceptors (Lipinski definition) is 0. The Morgan fingerprint density at radius 1 is 0.905 bits per heavy atom. The molecule has 0 bridgehead atoms. The van der Waals surface area contributed by atoms with Crippen molar-refractivity contribution < 1.29 is 0 Å². The summed E-state index contributed by atoms with van der Waals surface area (Å²) >= 11 is 6.97. The summed E-state index contributed by atoms with van der Waals surface area (Å²) in [7, 11) is 0. The summed E-state index contributed by atoms with van der Waals surface area (Å²) in [5.74, 6) is 0.606. The fourth-order valence-electron chi connectivity index (χ4n) is 3.25. The SMILES string of the molecule is CCCCC(CC)C(Cl)c1c(CC)cc(CC)cc1CC. The Morgan fingerprint density at radius 2 is 1.48 bits per heavy atom. The highest BCUT2D eigenvalue weighted by molar-refractivity contribution is 6.21. The van der Waals surface area contributed by atoms with Crippen LogP contribution in [0.5, 0.6) is 0 Å². The van der Waals surface area contributed by atoms with Gasteiger partial charge in [-0.05, 0) is 53.9 Å². The zero-order valence-electron chi connectivity index (χ0n) is 14.6. The molecular weight excluding hydrogens is 276 g/mol. The molecule has 2 atom stereocenters. The monoisotopic (exact) mass is 308 g/mol. The third-order valence-corrected chi connectivity index (χ3v) is 5.30. The molecule has 0 fully saturated rings. The second-order valence-electron chi connectivity index (χ2n) is 6.10. The molecule has 1 rings (SSSR count). The lowest BCUT2D eigenvalue weighted by atomic mass is 9.84. The lowest BCUT2D eigenvalue weighted by Crippen LogP contribution is -2.12. The summed E-state index contributed by atoms with van der Waals surface area (Å²) in [6.45, 7) is 11.3. The van der Waals surface area contributed by atoms with Gasteiger partial charge in [-0.2, -0.15) is 0 Å². The first-order chi connectivity index (χ1) is 10.1. The molecular formula is C20H33Cl. The van der Waals surface area contributed by atoms with E-state index in [-0.39, 0.29) is 5.38 Å². The maximum absolute atomic E-state index is 6.97. The summed E-state index contributed by atoms with van der Waals surface area (Å²) in [6.07, 6.45) is 8.26. The minimum Gasteiger partial charge on any atom is -0.118 e. The van der Waals surface area contributed by atoms with Crippen molar-refractivity contribution in [1.29, 1.82) is 0 Å². The molecule has 0 radical (unpaired) electrons. The molecule has 2 unspecified atom stereocenters. The van der Waals surface area contributed by atoms with Crippen molar-refractivity contribution in [3.63, 3.8) is 0 Å². The van der Waals surface area contributed by atoms with Crippen LogP contribution in [0.15, 0.2) is 12.1 Å². The Kier molecular flexibility index (Phi) is 8.41. The van der Waals surface area contributed by atoms with Crippen molar-refractivity contribution in [2.24, 2.45) is 5.92 Å². The number of alkyl halides is 1. The van der Waals surface area contributed by atoms with Crippen LogP contribution in [0.4, 0.5) is 0 Å². The molecule has 0 nitrogen and oxygen atoms in total. The molecule has 0 saturated carbocycles. The molecule has 0 N–H and O–H groups in total. The first-order valence-corrected chi connectivity index (χ1v) is 9.34. The minimum atomic E-state index is 0.178. The van der Waals surface area contributed by atoms with Gasteiger partial charge in [0.1, 0.15) is 0 Å². The van der Waals surface area contributed by atoms with E-state index in [2.05, 4.69) is 46.8 Å². The van der Waals surface area contributed by atoms with E-state index in [0.717, 1.165) is 19.3 Å². The number of aryl methyl sites for hydroxylation is 3. The minimum absolute atomic E-state index is 0.178. The van der Waals surface area contributed by atoms with Gasteiger partial charge in [-0.3, -0.25) is 0 Å². The summed E-state index contributed by atoms with van der Waals surface area (Å²) in [6, 6.07) is 4.77. The molecule has 120 valence electrons. The Labute approximate surface area is 137 Å². The van der Waals surface area contributed by atoms with Crippen LogP contribution < -0.4 is 0 Å². The lowest BCUT2D eigenvalue weighted by Gasteiger charge is -2.26.